The third-order valence-electron chi connectivity index (χ3n) is 2.84. The number of halogens is 4. The molecule has 1 atom stereocenters. The number of nitrogens with zero attached hydrogens (tertiary/aromatic N) is 1. The second kappa shape index (κ2) is 6.75. The van der Waals surface area contributed by atoms with E-state index in [-0.39, 0.29) is 0 Å². The fourth-order valence-electron chi connectivity index (χ4n) is 1.64. The molecular weight excluding hydrogens is 311 g/mol. The molecule has 5 nitrogen and oxygen atoms in total. The van der Waals surface area contributed by atoms with E-state index >= 15 is 0 Å². The van der Waals surface area contributed by atoms with Gasteiger partial charge in [-0.1, -0.05) is 16.8 Å². The van der Waals surface area contributed by atoms with Crippen molar-refractivity contribution in [2.24, 2.45) is 16.8 Å². The van der Waals surface area contributed by atoms with Gasteiger partial charge >= 0.3 is 6.18 Å². The number of hydrogen-bond acceptors (Lipinski definition) is 4. The van der Waals surface area contributed by atoms with Crippen molar-refractivity contribution < 1.29 is 23.1 Å². The summed E-state index contributed by atoms with van der Waals surface area (Å²) < 4.78 is 43.5. The Bertz CT molecular complexity index is 535. The van der Waals surface area contributed by atoms with Gasteiger partial charge in [-0.3, -0.25) is 0 Å². The number of nitrogens with two attached hydrogens (primary N) is 1. The Balaban J connectivity index is 2.98. The minimum Gasteiger partial charge on any atom is -0.495 e. The van der Waals surface area contributed by atoms with Crippen molar-refractivity contribution in [3.8, 4) is 5.75 Å². The Labute approximate surface area is 124 Å². The van der Waals surface area contributed by atoms with E-state index in [0.29, 0.717) is 22.0 Å². The van der Waals surface area contributed by atoms with Gasteiger partial charge in [0.1, 0.15) is 11.7 Å². The highest BCUT2D eigenvalue weighted by molar-refractivity contribution is 6.31. The van der Waals surface area contributed by atoms with Gasteiger partial charge < -0.3 is 21.0 Å². The number of anilines is 1. The van der Waals surface area contributed by atoms with Crippen molar-refractivity contribution in [2.75, 3.05) is 19.0 Å². The molecule has 0 fully saturated rings. The molecule has 0 aromatic heterocycles. The monoisotopic (exact) mass is 325 g/mol. The topological polar surface area (TPSA) is 79.9 Å². The van der Waals surface area contributed by atoms with Crippen LogP contribution in [0, 0.1) is 12.8 Å². The lowest BCUT2D eigenvalue weighted by Gasteiger charge is -2.21. The van der Waals surface area contributed by atoms with E-state index in [2.05, 4.69) is 10.5 Å². The highest BCUT2D eigenvalue weighted by Gasteiger charge is 2.42. The Morgan fingerprint density at radius 1 is 1.52 bits per heavy atom. The van der Waals surface area contributed by atoms with Crippen LogP contribution in [0.3, 0.4) is 0 Å². The first-order chi connectivity index (χ1) is 9.70. The van der Waals surface area contributed by atoms with Gasteiger partial charge in [-0.15, -0.1) is 0 Å². The van der Waals surface area contributed by atoms with Gasteiger partial charge in [0.25, 0.3) is 0 Å². The molecule has 0 spiro atoms. The Morgan fingerprint density at radius 3 is 2.62 bits per heavy atom. The highest BCUT2D eigenvalue weighted by atomic mass is 35.5. The maximum atomic E-state index is 12.8. The third-order valence-corrected chi connectivity index (χ3v) is 3.25. The molecule has 0 amide bonds. The molecule has 4 N–H and O–H groups in total. The van der Waals surface area contributed by atoms with E-state index in [1.165, 1.54) is 13.2 Å². The van der Waals surface area contributed by atoms with Crippen molar-refractivity contribution >= 4 is 23.1 Å². The zero-order valence-corrected chi connectivity index (χ0v) is 12.1. The summed E-state index contributed by atoms with van der Waals surface area (Å²) in [5.41, 5.74) is 6.09. The summed E-state index contributed by atoms with van der Waals surface area (Å²) in [5, 5.41) is 13.9. The van der Waals surface area contributed by atoms with Crippen LogP contribution in [0.1, 0.15) is 5.56 Å². The van der Waals surface area contributed by atoms with E-state index in [1.807, 2.05) is 0 Å². The van der Waals surface area contributed by atoms with Crippen molar-refractivity contribution in [3.05, 3.63) is 22.7 Å². The van der Waals surface area contributed by atoms with Crippen LogP contribution < -0.4 is 15.8 Å². The van der Waals surface area contributed by atoms with Gasteiger partial charge in [0, 0.05) is 17.6 Å². The number of hydrogen-bond donors (Lipinski definition) is 3. The molecule has 0 saturated carbocycles. The fourth-order valence-corrected chi connectivity index (χ4v) is 1.79. The lowest BCUT2D eigenvalue weighted by molar-refractivity contribution is -0.152. The highest BCUT2D eigenvalue weighted by Crippen LogP contribution is 2.32. The summed E-state index contributed by atoms with van der Waals surface area (Å²) in [6.07, 6.45) is -4.64. The molecule has 1 rings (SSSR count). The summed E-state index contributed by atoms with van der Waals surface area (Å²) >= 11 is 5.91. The lowest BCUT2D eigenvalue weighted by Crippen LogP contribution is -2.40. The van der Waals surface area contributed by atoms with Crippen molar-refractivity contribution in [2.45, 2.75) is 13.1 Å². The maximum absolute atomic E-state index is 12.8. The number of alkyl halides is 3. The molecule has 0 bridgehead atoms. The summed E-state index contributed by atoms with van der Waals surface area (Å²) in [6.45, 7) is 1.11. The predicted molar refractivity (Wildman–Crippen MR) is 74.2 cm³/mol. The van der Waals surface area contributed by atoms with E-state index in [0.717, 1.165) is 0 Å². The van der Waals surface area contributed by atoms with Crippen LogP contribution >= 0.6 is 11.6 Å². The van der Waals surface area contributed by atoms with Crippen LogP contribution in [-0.4, -0.2) is 30.9 Å². The normalized spacial score (nSPS) is 13.9. The number of benzene rings is 1. The first kappa shape index (κ1) is 17.2. The Hall–Kier alpha value is -1.83. The molecule has 0 aliphatic heterocycles. The van der Waals surface area contributed by atoms with Crippen LogP contribution in [0.15, 0.2) is 17.3 Å². The molecule has 0 heterocycles. The van der Waals surface area contributed by atoms with Gasteiger partial charge in [0.05, 0.1) is 12.8 Å². The van der Waals surface area contributed by atoms with Crippen molar-refractivity contribution in [1.82, 2.24) is 0 Å². The minimum absolute atomic E-state index is 0.297. The second-order valence-corrected chi connectivity index (χ2v) is 4.71. The third kappa shape index (κ3) is 4.32. The smallest absolute Gasteiger partial charge is 0.400 e. The number of amidine groups is 1. The number of nitrogens with one attached hydrogen (secondary N) is 1. The van der Waals surface area contributed by atoms with Crippen LogP contribution in [0.2, 0.25) is 5.02 Å². The van der Waals surface area contributed by atoms with E-state index < -0.39 is 24.5 Å². The molecule has 21 heavy (non-hydrogen) atoms. The predicted octanol–water partition coefficient (Wildman–Crippen LogP) is 2.99. The largest absolute Gasteiger partial charge is 0.495 e. The number of oxime groups is 1. The van der Waals surface area contributed by atoms with Gasteiger partial charge in [0.2, 0.25) is 0 Å². The number of rotatable bonds is 5. The summed E-state index contributed by atoms with van der Waals surface area (Å²) in [4.78, 5) is 0. The maximum Gasteiger partial charge on any atom is 0.400 e. The van der Waals surface area contributed by atoms with Gasteiger partial charge in [-0.2, -0.15) is 13.2 Å². The number of aryl methyl sites for hydroxylation is 1. The second-order valence-electron chi connectivity index (χ2n) is 4.30. The molecule has 118 valence electrons. The van der Waals surface area contributed by atoms with Crippen LogP contribution in [0.5, 0.6) is 5.75 Å². The first-order valence-corrected chi connectivity index (χ1v) is 6.20. The summed E-state index contributed by atoms with van der Waals surface area (Å²) in [7, 11) is 1.37. The van der Waals surface area contributed by atoms with E-state index in [4.69, 9.17) is 27.3 Å². The Morgan fingerprint density at radius 2 is 2.14 bits per heavy atom. The standard InChI is InChI=1S/C12H15ClF3N3O2/c1-6-3-9(10(21-2)4-8(6)13)18-5-7(11(17)19-20)12(14,15)16/h3-4,7,18,20H,5H2,1-2H3,(H2,17,19). The average Bonchev–Trinajstić information content (AvgIpc) is 2.40. The summed E-state index contributed by atoms with van der Waals surface area (Å²) in [6, 6.07) is 3.05. The van der Waals surface area contributed by atoms with Gasteiger partial charge in [-0.25, -0.2) is 0 Å². The quantitative estimate of drug-likeness (QED) is 0.336. The minimum atomic E-state index is -4.64. The van der Waals surface area contributed by atoms with E-state index in [9.17, 15) is 13.2 Å². The fraction of sp³-hybridized carbons (Fsp3) is 0.417. The SMILES string of the molecule is COc1cc(Cl)c(C)cc1NCC(/C(N)=N/O)C(F)(F)F. The molecule has 0 radical (unpaired) electrons. The lowest BCUT2D eigenvalue weighted by atomic mass is 10.1. The van der Waals surface area contributed by atoms with E-state index in [1.54, 1.807) is 13.0 Å². The van der Waals surface area contributed by atoms with Crippen molar-refractivity contribution in [1.29, 1.82) is 0 Å². The molecule has 0 aliphatic rings. The van der Waals surface area contributed by atoms with Gasteiger partial charge in [-0.05, 0) is 18.6 Å². The van der Waals surface area contributed by atoms with Crippen LogP contribution in [0.25, 0.3) is 0 Å². The van der Waals surface area contributed by atoms with Crippen molar-refractivity contribution in [3.63, 3.8) is 0 Å². The molecule has 1 aromatic rings. The number of ether oxygens (including phenoxy) is 1. The molecule has 0 saturated heterocycles. The number of methoxy groups -OCH3 is 1. The molecule has 0 aliphatic carbocycles. The van der Waals surface area contributed by atoms with Crippen LogP contribution in [-0.2, 0) is 0 Å². The molecule has 9 heteroatoms. The average molecular weight is 326 g/mol. The van der Waals surface area contributed by atoms with Crippen LogP contribution in [0.4, 0.5) is 18.9 Å². The summed E-state index contributed by atoms with van der Waals surface area (Å²) in [5.74, 6) is -2.74. The molecule has 1 unspecified atom stereocenters. The molecular formula is C12H15ClF3N3O2. The van der Waals surface area contributed by atoms with Gasteiger partial charge in [0.15, 0.2) is 5.84 Å². The zero-order chi connectivity index (χ0) is 16.2. The first-order valence-electron chi connectivity index (χ1n) is 5.82. The Kier molecular flexibility index (Phi) is 5.54. The molecule has 1 aromatic carbocycles. The zero-order valence-electron chi connectivity index (χ0n) is 11.3.